The van der Waals surface area contributed by atoms with Gasteiger partial charge in [0, 0.05) is 0 Å². The van der Waals surface area contributed by atoms with Crippen molar-refractivity contribution in [1.29, 1.82) is 0 Å². The van der Waals surface area contributed by atoms with E-state index in [0.717, 1.165) is 5.75 Å². The van der Waals surface area contributed by atoms with E-state index >= 15 is 0 Å². The Kier molecular flexibility index (Phi) is 7.46. The van der Waals surface area contributed by atoms with E-state index in [2.05, 4.69) is 81.1 Å². The van der Waals surface area contributed by atoms with Gasteiger partial charge in [0.05, 0.1) is 0 Å². The predicted octanol–water partition coefficient (Wildman–Crippen LogP) is 3.81. The summed E-state index contributed by atoms with van der Waals surface area (Å²) in [5.41, 5.74) is 1.28. The summed E-state index contributed by atoms with van der Waals surface area (Å²) in [6.07, 6.45) is 6.34. The van der Waals surface area contributed by atoms with E-state index in [9.17, 15) is 0 Å². The Balaban J connectivity index is 2.48. The van der Waals surface area contributed by atoms with Crippen molar-refractivity contribution in [3.8, 4) is 5.75 Å². The maximum atomic E-state index is 5.32. The van der Waals surface area contributed by atoms with Crippen LogP contribution in [0.2, 0.25) is 0 Å². The molecule has 0 atom stereocenters. The fourth-order valence-corrected chi connectivity index (χ4v) is 11.2. The zero-order valence-electron chi connectivity index (χ0n) is 15.3. The van der Waals surface area contributed by atoms with Gasteiger partial charge in [0.25, 0.3) is 0 Å². The molecular formula is C22H25BiO2. The third kappa shape index (κ3) is 5.31. The van der Waals surface area contributed by atoms with Crippen molar-refractivity contribution in [3.05, 3.63) is 87.9 Å². The monoisotopic (exact) mass is 530 g/mol. The fourth-order valence-electron chi connectivity index (χ4n) is 2.42. The molecule has 0 fully saturated rings. The Morgan fingerprint density at radius 1 is 0.920 bits per heavy atom. The first-order valence-corrected chi connectivity index (χ1v) is 13.4. The van der Waals surface area contributed by atoms with Crippen molar-refractivity contribution in [3.63, 3.8) is 0 Å². The molecule has 0 unspecified atom stereocenters. The SMILES string of the molecule is C=C(/C=C\[C](=C/C)[Bi]([c]1ccc(C)cc1)[c]1ccc(OC)cc1)OC. The molecule has 0 amide bonds. The Morgan fingerprint density at radius 2 is 1.48 bits per heavy atom. The van der Waals surface area contributed by atoms with Gasteiger partial charge in [0.2, 0.25) is 0 Å². The Bertz CT molecular complexity index is 756. The van der Waals surface area contributed by atoms with Crippen LogP contribution in [-0.4, -0.2) is 36.0 Å². The van der Waals surface area contributed by atoms with Crippen LogP contribution in [0.5, 0.6) is 5.75 Å². The van der Waals surface area contributed by atoms with Crippen LogP contribution in [0.25, 0.3) is 0 Å². The van der Waals surface area contributed by atoms with E-state index in [-0.39, 0.29) is 0 Å². The number of allylic oxidation sites excluding steroid dienone is 4. The van der Waals surface area contributed by atoms with Gasteiger partial charge in [-0.2, -0.15) is 0 Å². The number of methoxy groups -OCH3 is 2. The summed E-state index contributed by atoms with van der Waals surface area (Å²) in [7, 11) is 3.34. The van der Waals surface area contributed by atoms with E-state index in [1.165, 1.54) is 15.4 Å². The van der Waals surface area contributed by atoms with Gasteiger partial charge in [0.1, 0.15) is 0 Å². The second-order valence-electron chi connectivity index (χ2n) is 5.59. The molecule has 2 nitrogen and oxygen atoms in total. The minimum absolute atomic E-state index is 0.668. The summed E-state index contributed by atoms with van der Waals surface area (Å²) in [5.74, 6) is 1.56. The molecule has 0 radical (unpaired) electrons. The molecule has 0 saturated carbocycles. The zero-order valence-corrected chi connectivity index (χ0v) is 18.8. The quantitative estimate of drug-likeness (QED) is 0.308. The number of hydrogen-bond acceptors (Lipinski definition) is 2. The molecule has 0 aliphatic carbocycles. The molecule has 0 aliphatic rings. The number of benzene rings is 2. The van der Waals surface area contributed by atoms with E-state index in [0.29, 0.717) is 5.76 Å². The standard InChI is InChI=1S/C8H11O.C7H7O.C7H7.Bi/c1-4-5-6-7-8(2)9-3;1-8-7-5-3-2-4-6-7;1-7-5-3-2-4-6-7;/h4,6-7H,2H2,1,3H3;3-6H,1H3;3-6H,1H3;/b5-4?,7-6-;;;. The second-order valence-corrected chi connectivity index (χ2v) is 14.2. The Hall–Kier alpha value is -1.86. The first kappa shape index (κ1) is 19.5. The molecule has 0 aromatic heterocycles. The van der Waals surface area contributed by atoms with Crippen molar-refractivity contribution < 1.29 is 9.47 Å². The van der Waals surface area contributed by atoms with Gasteiger partial charge in [-0.05, 0) is 0 Å². The molecule has 0 heterocycles. The van der Waals surface area contributed by atoms with Gasteiger partial charge in [-0.1, -0.05) is 0 Å². The van der Waals surface area contributed by atoms with Gasteiger partial charge >= 0.3 is 160 Å². The fraction of sp³-hybridized carbons (Fsp3) is 0.182. The normalized spacial score (nSPS) is 11.8. The number of aryl methyl sites for hydroxylation is 1. The molecule has 0 N–H and O–H groups in total. The Labute approximate surface area is 159 Å². The van der Waals surface area contributed by atoms with Crippen LogP contribution in [0.3, 0.4) is 0 Å². The van der Waals surface area contributed by atoms with Gasteiger partial charge < -0.3 is 0 Å². The third-order valence-corrected chi connectivity index (χ3v) is 13.8. The molecule has 0 saturated heterocycles. The van der Waals surface area contributed by atoms with Crippen molar-refractivity contribution in [2.75, 3.05) is 14.2 Å². The molecule has 2 aromatic carbocycles. The van der Waals surface area contributed by atoms with Crippen molar-refractivity contribution >= 4 is 28.3 Å². The summed E-state index contributed by atoms with van der Waals surface area (Å²) in [6.45, 7) is 8.12. The number of rotatable bonds is 7. The van der Waals surface area contributed by atoms with E-state index in [1.54, 1.807) is 14.2 Å². The molecule has 3 heteroatoms. The predicted molar refractivity (Wildman–Crippen MR) is 108 cm³/mol. The number of hydrogen-bond donors (Lipinski definition) is 0. The van der Waals surface area contributed by atoms with Gasteiger partial charge in [0.15, 0.2) is 0 Å². The van der Waals surface area contributed by atoms with Gasteiger partial charge in [-0.25, -0.2) is 0 Å². The molecule has 0 spiro atoms. The van der Waals surface area contributed by atoms with Crippen LogP contribution < -0.4 is 11.3 Å². The summed E-state index contributed by atoms with van der Waals surface area (Å²) in [4.78, 5) is 0. The maximum absolute atomic E-state index is 5.32. The third-order valence-electron chi connectivity index (χ3n) is 3.88. The molecule has 0 aliphatic heterocycles. The van der Waals surface area contributed by atoms with Crippen LogP contribution in [0, 0.1) is 6.92 Å². The van der Waals surface area contributed by atoms with Crippen molar-refractivity contribution in [2.45, 2.75) is 13.8 Å². The van der Waals surface area contributed by atoms with Crippen LogP contribution in [0.15, 0.2) is 82.4 Å². The van der Waals surface area contributed by atoms with Crippen molar-refractivity contribution in [1.82, 2.24) is 0 Å². The van der Waals surface area contributed by atoms with Gasteiger partial charge in [-0.15, -0.1) is 0 Å². The average molecular weight is 530 g/mol. The molecule has 2 rings (SSSR count). The van der Waals surface area contributed by atoms with Crippen LogP contribution in [0.4, 0.5) is 0 Å². The van der Waals surface area contributed by atoms with Crippen LogP contribution in [0.1, 0.15) is 12.5 Å². The zero-order chi connectivity index (χ0) is 18.2. The van der Waals surface area contributed by atoms with E-state index in [1.807, 2.05) is 6.08 Å². The molecule has 2 aromatic rings. The Morgan fingerprint density at radius 3 is 1.96 bits per heavy atom. The average Bonchev–Trinajstić information content (AvgIpc) is 2.66. The van der Waals surface area contributed by atoms with Crippen molar-refractivity contribution in [2.24, 2.45) is 0 Å². The molecule has 25 heavy (non-hydrogen) atoms. The van der Waals surface area contributed by atoms with Gasteiger partial charge in [-0.3, -0.25) is 0 Å². The molecular weight excluding hydrogens is 505 g/mol. The van der Waals surface area contributed by atoms with E-state index < -0.39 is 21.8 Å². The summed E-state index contributed by atoms with van der Waals surface area (Å²) in [5, 5.41) is 0. The topological polar surface area (TPSA) is 18.5 Å². The number of ether oxygens (including phenoxy) is 2. The summed E-state index contributed by atoms with van der Waals surface area (Å²) < 4.78 is 14.8. The van der Waals surface area contributed by atoms with Crippen LogP contribution in [-0.2, 0) is 4.74 Å². The van der Waals surface area contributed by atoms with Crippen LogP contribution >= 0.6 is 0 Å². The minimum atomic E-state index is -2.36. The summed E-state index contributed by atoms with van der Waals surface area (Å²) in [6, 6.07) is 17.5. The molecule has 0 bridgehead atoms. The second kappa shape index (κ2) is 9.58. The first-order chi connectivity index (χ1) is 12.1. The molecule has 130 valence electrons. The summed E-state index contributed by atoms with van der Waals surface area (Å²) >= 11 is -2.36. The van der Waals surface area contributed by atoms with E-state index in [4.69, 9.17) is 9.47 Å². The first-order valence-electron chi connectivity index (χ1n) is 8.17.